The van der Waals surface area contributed by atoms with Crippen molar-refractivity contribution in [2.24, 2.45) is 7.05 Å². The number of nitrogens with one attached hydrogen (secondary N) is 2. The van der Waals surface area contributed by atoms with Gasteiger partial charge in [-0.1, -0.05) is 0 Å². The number of halogens is 2. The van der Waals surface area contributed by atoms with Crippen LogP contribution in [-0.4, -0.2) is 37.3 Å². The second-order valence-corrected chi connectivity index (χ2v) is 5.43. The highest BCUT2D eigenvalue weighted by molar-refractivity contribution is 5.96. The second kappa shape index (κ2) is 9.87. The quantitative estimate of drug-likeness (QED) is 0.410. The van der Waals surface area contributed by atoms with Crippen molar-refractivity contribution in [3.63, 3.8) is 0 Å². The lowest BCUT2D eigenvalue weighted by atomic mass is 10.1. The normalized spacial score (nSPS) is 11.7. The predicted octanol–water partition coefficient (Wildman–Crippen LogP) is 1.27. The average Bonchev–Trinajstić information content (AvgIpc) is 2.45. The fourth-order valence-electron chi connectivity index (χ4n) is 2.41. The Kier molecular flexibility index (Phi) is 9.38. The maximum absolute atomic E-state index is 11.5. The summed E-state index contributed by atoms with van der Waals surface area (Å²) in [6.45, 7) is 1.81. The molecule has 1 heterocycles. The lowest BCUT2D eigenvalue weighted by molar-refractivity contribution is -0.990. The number of nitrogens with zero attached hydrogens (tertiary/aromatic N) is 2. The second-order valence-electron chi connectivity index (χ2n) is 5.43. The summed E-state index contributed by atoms with van der Waals surface area (Å²) in [4.78, 5) is 2.13. The van der Waals surface area contributed by atoms with E-state index in [1.807, 2.05) is 44.0 Å². The van der Waals surface area contributed by atoms with E-state index < -0.39 is 5.23 Å². The molecule has 0 fully saturated rings. The van der Waals surface area contributed by atoms with Gasteiger partial charge in [-0.2, -0.15) is 5.23 Å². The molecule has 1 unspecified atom stereocenters. The Bertz CT molecular complexity index is 624. The minimum absolute atomic E-state index is 0. The van der Waals surface area contributed by atoms with Crippen molar-refractivity contribution in [3.05, 3.63) is 35.7 Å². The number of aromatic nitrogens is 1. The van der Waals surface area contributed by atoms with Gasteiger partial charge < -0.3 is 15.4 Å². The summed E-state index contributed by atoms with van der Waals surface area (Å²) in [6.07, 6.45) is 2.95. The molecule has 2 aromatic rings. The van der Waals surface area contributed by atoms with Crippen LogP contribution in [0.25, 0.3) is 10.9 Å². The van der Waals surface area contributed by atoms with Crippen molar-refractivity contribution in [2.45, 2.75) is 6.42 Å². The third-order valence-electron chi connectivity index (χ3n) is 3.48. The first kappa shape index (κ1) is 21.9. The summed E-state index contributed by atoms with van der Waals surface area (Å²) in [6, 6.07) is 7.30. The van der Waals surface area contributed by atoms with Gasteiger partial charge >= 0.3 is 0 Å². The van der Waals surface area contributed by atoms with E-state index in [4.69, 9.17) is 0 Å². The van der Waals surface area contributed by atoms with E-state index in [0.29, 0.717) is 5.69 Å². The predicted molar refractivity (Wildman–Crippen MR) is 97.1 cm³/mol. The molecule has 3 N–H and O–H groups in total. The van der Waals surface area contributed by atoms with E-state index >= 15 is 0 Å². The fraction of sp³-hybridized carbons (Fsp3) is 0.400. The lowest BCUT2D eigenvalue weighted by Gasteiger charge is -2.16. The van der Waals surface area contributed by atoms with Gasteiger partial charge in [0.2, 0.25) is 5.52 Å². The van der Waals surface area contributed by atoms with Gasteiger partial charge in [0.25, 0.3) is 0 Å². The molecular formula is C15H25Cl2N4O2+. The van der Waals surface area contributed by atoms with Gasteiger partial charge in [-0.3, -0.25) is 0 Å². The van der Waals surface area contributed by atoms with Crippen LogP contribution in [0.5, 0.6) is 0 Å². The summed E-state index contributed by atoms with van der Waals surface area (Å²) in [5.41, 5.74) is 2.12. The van der Waals surface area contributed by atoms with Crippen molar-refractivity contribution in [1.29, 1.82) is 0 Å². The highest BCUT2D eigenvalue weighted by Gasteiger charge is 2.17. The summed E-state index contributed by atoms with van der Waals surface area (Å²) in [7, 11) is 6.00. The van der Waals surface area contributed by atoms with Crippen LogP contribution >= 0.6 is 24.8 Å². The monoisotopic (exact) mass is 363 g/mol. The van der Waals surface area contributed by atoms with Crippen LogP contribution in [-0.2, 0) is 7.05 Å². The van der Waals surface area contributed by atoms with E-state index in [0.717, 1.165) is 36.1 Å². The van der Waals surface area contributed by atoms with Crippen molar-refractivity contribution in [3.8, 4) is 0 Å². The standard InChI is InChI=1S/C15H22N4O2.2ClH/c1-17(2)10-5-9-16-12-8-11-18(3)13-6-4-7-14(15(12)13)19(20)21;;/h4,6-8,11,19-20H,5,9-10H2,1-3H3;2*1H/p+1. The molecule has 0 radical (unpaired) electrons. The van der Waals surface area contributed by atoms with E-state index in [1.54, 1.807) is 12.1 Å². The molecule has 0 spiro atoms. The summed E-state index contributed by atoms with van der Waals surface area (Å²) >= 11 is 0. The number of quaternary nitrogens is 1. The number of anilines is 1. The number of benzene rings is 1. The zero-order valence-electron chi connectivity index (χ0n) is 13.6. The molecule has 1 atom stereocenters. The third kappa shape index (κ3) is 5.46. The topological polar surface area (TPSA) is 66.9 Å². The Morgan fingerprint density at radius 3 is 2.57 bits per heavy atom. The van der Waals surface area contributed by atoms with Gasteiger partial charge in [-0.05, 0) is 33.1 Å². The Morgan fingerprint density at radius 1 is 1.26 bits per heavy atom. The van der Waals surface area contributed by atoms with Crippen LogP contribution in [0.4, 0.5) is 11.4 Å². The number of rotatable bonds is 6. The molecule has 130 valence electrons. The maximum Gasteiger partial charge on any atom is 0.220 e. The molecule has 0 saturated carbocycles. The molecule has 23 heavy (non-hydrogen) atoms. The van der Waals surface area contributed by atoms with E-state index in [-0.39, 0.29) is 24.8 Å². The van der Waals surface area contributed by atoms with Gasteiger partial charge in [0, 0.05) is 24.7 Å². The molecule has 1 aromatic carbocycles. The number of hydrogen-bond acceptors (Lipinski definition) is 4. The Balaban J connectivity index is 0.00000242. The van der Waals surface area contributed by atoms with Gasteiger partial charge in [-0.25, -0.2) is 9.77 Å². The van der Waals surface area contributed by atoms with Gasteiger partial charge in [0.1, 0.15) is 12.4 Å². The smallest absolute Gasteiger partial charge is 0.220 e. The highest BCUT2D eigenvalue weighted by Crippen LogP contribution is 2.26. The first-order valence-corrected chi connectivity index (χ1v) is 7.04. The summed E-state index contributed by atoms with van der Waals surface area (Å²) in [5.74, 6) is 0. The molecule has 8 heteroatoms. The Morgan fingerprint density at radius 2 is 1.96 bits per heavy atom. The largest absolute Gasteiger partial charge is 0.595 e. The Labute approximate surface area is 149 Å². The molecule has 0 bridgehead atoms. The minimum atomic E-state index is -0.900. The van der Waals surface area contributed by atoms with Crippen LogP contribution in [0, 0.1) is 5.21 Å². The van der Waals surface area contributed by atoms with Crippen LogP contribution in [0.1, 0.15) is 6.42 Å². The van der Waals surface area contributed by atoms with E-state index in [9.17, 15) is 10.4 Å². The van der Waals surface area contributed by atoms with Crippen LogP contribution in [0.2, 0.25) is 0 Å². The average molecular weight is 364 g/mol. The summed E-state index contributed by atoms with van der Waals surface area (Å²) < 4.78 is 1.94. The molecule has 2 rings (SSSR count). The van der Waals surface area contributed by atoms with Gasteiger partial charge in [0.05, 0.1) is 5.69 Å². The van der Waals surface area contributed by atoms with Crippen molar-refractivity contribution in [1.82, 2.24) is 4.90 Å². The molecule has 0 saturated heterocycles. The lowest BCUT2D eigenvalue weighted by Crippen LogP contribution is -2.99. The van der Waals surface area contributed by atoms with Crippen LogP contribution < -0.4 is 15.1 Å². The third-order valence-corrected chi connectivity index (χ3v) is 3.48. The number of fused-ring (bicyclic) bond motifs is 1. The van der Waals surface area contributed by atoms with E-state index in [2.05, 4.69) is 10.2 Å². The minimum Gasteiger partial charge on any atom is -0.595 e. The van der Waals surface area contributed by atoms with Crippen LogP contribution in [0.15, 0.2) is 30.5 Å². The molecular weight excluding hydrogens is 339 g/mol. The molecule has 6 nitrogen and oxygen atoms in total. The SMILES string of the molecule is CN(C)CCCNc1cc[n+](C)c2cccc([NH+]([O-])O)c12.Cl.Cl. The molecule has 0 aliphatic rings. The molecule has 1 aromatic heterocycles. The zero-order valence-corrected chi connectivity index (χ0v) is 15.2. The maximum atomic E-state index is 11.5. The van der Waals surface area contributed by atoms with Gasteiger partial charge in [0.15, 0.2) is 11.9 Å². The zero-order chi connectivity index (χ0) is 15.4. The number of aryl methyl sites for hydroxylation is 1. The van der Waals surface area contributed by atoms with Gasteiger partial charge in [-0.15, -0.1) is 24.8 Å². The molecule has 0 amide bonds. The first-order chi connectivity index (χ1) is 10.0. The Hall–Kier alpha value is -1.15. The van der Waals surface area contributed by atoms with Crippen molar-refractivity contribution < 1.29 is 15.0 Å². The fourth-order valence-corrected chi connectivity index (χ4v) is 2.41. The highest BCUT2D eigenvalue weighted by atomic mass is 35.5. The van der Waals surface area contributed by atoms with E-state index in [1.165, 1.54) is 0 Å². The first-order valence-electron chi connectivity index (χ1n) is 7.04. The number of pyridine rings is 1. The number of hydrogen-bond donors (Lipinski definition) is 3. The summed E-state index contributed by atoms with van der Waals surface area (Å²) in [5, 5.41) is 24.1. The molecule has 0 aliphatic heterocycles. The van der Waals surface area contributed by atoms with Crippen molar-refractivity contribution >= 4 is 47.1 Å². The van der Waals surface area contributed by atoms with Crippen molar-refractivity contribution in [2.75, 3.05) is 32.5 Å². The van der Waals surface area contributed by atoms with Crippen LogP contribution in [0.3, 0.4) is 0 Å². The molecule has 0 aliphatic carbocycles.